The van der Waals surface area contributed by atoms with Crippen LogP contribution < -0.4 is 5.32 Å². The molecule has 0 radical (unpaired) electrons. The number of carbonyl (C=O) groups is 2. The maximum absolute atomic E-state index is 11.9. The number of carboxylic acids is 1. The molecule has 0 aromatic heterocycles. The van der Waals surface area contributed by atoms with Gasteiger partial charge in [0.05, 0.1) is 0 Å². The zero-order valence-electron chi connectivity index (χ0n) is 11.8. The first-order valence-electron chi connectivity index (χ1n) is 6.95. The molecule has 0 heterocycles. The van der Waals surface area contributed by atoms with E-state index >= 15 is 0 Å². The molecule has 2 amide bonds. The van der Waals surface area contributed by atoms with Crippen LogP contribution >= 0.6 is 0 Å². The molecule has 0 saturated carbocycles. The van der Waals surface area contributed by atoms with Crippen LogP contribution in [-0.4, -0.2) is 41.1 Å². The Hall–Kier alpha value is -1.52. The number of aliphatic carboxylic acids is 1. The van der Waals surface area contributed by atoms with Crippen molar-refractivity contribution in [3.8, 4) is 0 Å². The van der Waals surface area contributed by atoms with Crippen LogP contribution in [0.4, 0.5) is 4.79 Å². The van der Waals surface area contributed by atoms with Gasteiger partial charge in [0.15, 0.2) is 0 Å². The highest BCUT2D eigenvalue weighted by Gasteiger charge is 2.19. The van der Waals surface area contributed by atoms with Crippen LogP contribution in [0.25, 0.3) is 0 Å². The number of carboxylic acid groups (broad SMARTS) is 1. The van der Waals surface area contributed by atoms with Gasteiger partial charge in [-0.3, -0.25) is 4.79 Å². The van der Waals surface area contributed by atoms with Crippen molar-refractivity contribution < 1.29 is 14.7 Å². The summed E-state index contributed by atoms with van der Waals surface area (Å²) in [4.78, 5) is 23.9. The summed E-state index contributed by atoms with van der Waals surface area (Å²) in [7, 11) is 0. The number of nitrogens with one attached hydrogen (secondary N) is 1. The molecule has 2 N–H and O–H groups in total. The molecule has 0 spiro atoms. The van der Waals surface area contributed by atoms with E-state index in [1.165, 1.54) is 23.3 Å². The van der Waals surface area contributed by atoms with Crippen LogP contribution in [0, 0.1) is 0 Å². The normalized spacial score (nSPS) is 15.0. The number of carbonyl (C=O) groups excluding carboxylic acids is 1. The van der Waals surface area contributed by atoms with E-state index in [1.807, 2.05) is 13.8 Å². The van der Waals surface area contributed by atoms with Crippen LogP contribution in [0.2, 0.25) is 0 Å². The number of urea groups is 1. The van der Waals surface area contributed by atoms with Gasteiger partial charge >= 0.3 is 12.0 Å². The Morgan fingerprint density at radius 1 is 1.42 bits per heavy atom. The van der Waals surface area contributed by atoms with E-state index in [1.54, 1.807) is 0 Å². The Kier molecular flexibility index (Phi) is 6.39. The second kappa shape index (κ2) is 7.81. The number of amides is 2. The first-order valence-corrected chi connectivity index (χ1v) is 6.95. The molecule has 5 nitrogen and oxygen atoms in total. The summed E-state index contributed by atoms with van der Waals surface area (Å²) in [6.07, 6.45) is 7.88. The summed E-state index contributed by atoms with van der Waals surface area (Å²) in [5.74, 6) is -0.987. The zero-order chi connectivity index (χ0) is 14.3. The minimum Gasteiger partial charge on any atom is -0.480 e. The first kappa shape index (κ1) is 15.5. The average Bonchev–Trinajstić information content (AvgIpc) is 2.36. The molecule has 5 heteroatoms. The number of allylic oxidation sites excluding steroid dienone is 1. The Labute approximate surface area is 114 Å². The second-order valence-electron chi connectivity index (χ2n) is 5.21. The summed E-state index contributed by atoms with van der Waals surface area (Å²) in [6.45, 7) is 3.94. The molecule has 1 aliphatic carbocycles. The predicted octanol–water partition coefficient (Wildman–Crippen LogP) is 2.38. The average molecular weight is 268 g/mol. The van der Waals surface area contributed by atoms with Gasteiger partial charge in [0, 0.05) is 12.6 Å². The highest BCUT2D eigenvalue weighted by atomic mass is 16.4. The third-order valence-electron chi connectivity index (χ3n) is 3.30. The van der Waals surface area contributed by atoms with Crippen molar-refractivity contribution in [3.05, 3.63) is 11.6 Å². The van der Waals surface area contributed by atoms with Crippen LogP contribution in [0.5, 0.6) is 0 Å². The van der Waals surface area contributed by atoms with Crippen molar-refractivity contribution in [1.29, 1.82) is 0 Å². The fraction of sp³-hybridized carbons (Fsp3) is 0.714. The number of hydrogen-bond donors (Lipinski definition) is 2. The fourth-order valence-electron chi connectivity index (χ4n) is 2.20. The molecule has 108 valence electrons. The highest BCUT2D eigenvalue weighted by Crippen LogP contribution is 2.19. The molecule has 0 bridgehead atoms. The molecular formula is C14H24N2O3. The van der Waals surface area contributed by atoms with E-state index in [9.17, 15) is 9.59 Å². The van der Waals surface area contributed by atoms with E-state index in [-0.39, 0.29) is 18.6 Å². The van der Waals surface area contributed by atoms with Gasteiger partial charge in [0.2, 0.25) is 0 Å². The molecule has 0 fully saturated rings. The minimum absolute atomic E-state index is 0.120. The van der Waals surface area contributed by atoms with Gasteiger partial charge in [0.1, 0.15) is 6.54 Å². The molecule has 0 aliphatic heterocycles. The molecule has 1 rings (SSSR count). The van der Waals surface area contributed by atoms with Crippen LogP contribution in [0.1, 0.15) is 46.0 Å². The Bertz CT molecular complexity index is 351. The Morgan fingerprint density at radius 3 is 2.68 bits per heavy atom. The molecular weight excluding hydrogens is 244 g/mol. The molecule has 0 unspecified atom stereocenters. The predicted molar refractivity (Wildman–Crippen MR) is 74.0 cm³/mol. The summed E-state index contributed by atoms with van der Waals surface area (Å²) >= 11 is 0. The van der Waals surface area contributed by atoms with E-state index in [4.69, 9.17) is 5.11 Å². The molecule has 0 saturated heterocycles. The van der Waals surface area contributed by atoms with Crippen LogP contribution in [0.15, 0.2) is 11.6 Å². The van der Waals surface area contributed by atoms with Crippen molar-refractivity contribution in [2.45, 2.75) is 52.0 Å². The molecule has 1 aliphatic rings. The molecule has 0 aromatic rings. The quantitative estimate of drug-likeness (QED) is 0.727. The Balaban J connectivity index is 2.35. The second-order valence-corrected chi connectivity index (χ2v) is 5.21. The molecule has 0 aromatic carbocycles. The lowest BCUT2D eigenvalue weighted by Gasteiger charge is -2.25. The van der Waals surface area contributed by atoms with Crippen LogP contribution in [0.3, 0.4) is 0 Å². The summed E-state index contributed by atoms with van der Waals surface area (Å²) in [5.41, 5.74) is 1.40. The molecule has 0 atom stereocenters. The van der Waals surface area contributed by atoms with Crippen LogP contribution in [-0.2, 0) is 4.79 Å². The third-order valence-corrected chi connectivity index (χ3v) is 3.30. The lowest BCUT2D eigenvalue weighted by molar-refractivity contribution is -0.138. The Morgan fingerprint density at radius 2 is 2.16 bits per heavy atom. The van der Waals surface area contributed by atoms with Gasteiger partial charge in [-0.15, -0.1) is 0 Å². The monoisotopic (exact) mass is 268 g/mol. The summed E-state index contributed by atoms with van der Waals surface area (Å²) < 4.78 is 0. The van der Waals surface area contributed by atoms with E-state index in [0.717, 1.165) is 19.3 Å². The highest BCUT2D eigenvalue weighted by molar-refractivity contribution is 5.80. The number of nitrogens with zero attached hydrogens (tertiary/aromatic N) is 1. The van der Waals surface area contributed by atoms with Crippen molar-refractivity contribution in [3.63, 3.8) is 0 Å². The fourth-order valence-corrected chi connectivity index (χ4v) is 2.20. The number of hydrogen-bond acceptors (Lipinski definition) is 2. The zero-order valence-corrected chi connectivity index (χ0v) is 11.8. The summed E-state index contributed by atoms with van der Waals surface area (Å²) in [5, 5.41) is 11.6. The lowest BCUT2D eigenvalue weighted by Crippen LogP contribution is -2.46. The SMILES string of the molecule is CC(C)N(CC(=O)O)C(=O)NCCC1=CCCCC1. The third kappa shape index (κ3) is 5.77. The van der Waals surface area contributed by atoms with E-state index < -0.39 is 5.97 Å². The minimum atomic E-state index is -0.987. The van der Waals surface area contributed by atoms with Gasteiger partial charge in [0.25, 0.3) is 0 Å². The van der Waals surface area contributed by atoms with Crippen molar-refractivity contribution in [1.82, 2.24) is 10.2 Å². The lowest BCUT2D eigenvalue weighted by atomic mass is 9.97. The van der Waals surface area contributed by atoms with Gasteiger partial charge in [-0.2, -0.15) is 0 Å². The van der Waals surface area contributed by atoms with Crippen molar-refractivity contribution >= 4 is 12.0 Å². The summed E-state index contributed by atoms with van der Waals surface area (Å²) in [6, 6.07) is -0.418. The van der Waals surface area contributed by atoms with E-state index in [2.05, 4.69) is 11.4 Å². The molecule has 19 heavy (non-hydrogen) atoms. The largest absolute Gasteiger partial charge is 0.480 e. The topological polar surface area (TPSA) is 69.6 Å². The van der Waals surface area contributed by atoms with Gasteiger partial charge in [-0.25, -0.2) is 4.79 Å². The maximum atomic E-state index is 11.9. The van der Waals surface area contributed by atoms with E-state index in [0.29, 0.717) is 6.54 Å². The van der Waals surface area contributed by atoms with Gasteiger partial charge in [-0.1, -0.05) is 11.6 Å². The smallest absolute Gasteiger partial charge is 0.323 e. The first-order chi connectivity index (χ1) is 9.00. The van der Waals surface area contributed by atoms with Gasteiger partial charge in [-0.05, 0) is 46.0 Å². The van der Waals surface area contributed by atoms with Gasteiger partial charge < -0.3 is 15.3 Å². The maximum Gasteiger partial charge on any atom is 0.323 e. The number of rotatable bonds is 6. The van der Waals surface area contributed by atoms with Crippen molar-refractivity contribution in [2.24, 2.45) is 0 Å². The standard InChI is InChI=1S/C14H24N2O3/c1-11(2)16(10-13(17)18)14(19)15-9-8-12-6-4-3-5-7-12/h6,11H,3-5,7-10H2,1-2H3,(H,15,19)(H,17,18). The van der Waals surface area contributed by atoms with Crippen molar-refractivity contribution in [2.75, 3.05) is 13.1 Å².